The molecule has 0 fully saturated rings. The second kappa shape index (κ2) is 7.69. The molecule has 0 aliphatic carbocycles. The number of hydrogen-bond acceptors (Lipinski definition) is 5. The van der Waals surface area contributed by atoms with Gasteiger partial charge >= 0.3 is 0 Å². The molecule has 0 aliphatic heterocycles. The minimum atomic E-state index is -0.492. The van der Waals surface area contributed by atoms with E-state index in [1.54, 1.807) is 50.9 Å². The van der Waals surface area contributed by atoms with Gasteiger partial charge in [-0.2, -0.15) is 0 Å². The number of amides is 1. The van der Waals surface area contributed by atoms with Crippen LogP contribution in [-0.2, 0) is 7.05 Å². The Bertz CT molecular complexity index is 871. The third-order valence-corrected chi connectivity index (χ3v) is 4.00. The number of carbonyl (C=O) groups is 1. The van der Waals surface area contributed by atoms with Gasteiger partial charge in [0.2, 0.25) is 0 Å². The second-order valence-electron chi connectivity index (χ2n) is 5.66. The monoisotopic (exact) mass is 352 g/mol. The summed E-state index contributed by atoms with van der Waals surface area (Å²) in [7, 11) is 5.04. The maximum atomic E-state index is 12.7. The molecule has 1 N–H and O–H groups in total. The van der Waals surface area contributed by atoms with Gasteiger partial charge in [-0.15, -0.1) is 0 Å². The van der Waals surface area contributed by atoms with Gasteiger partial charge in [-0.3, -0.25) is 9.78 Å². The maximum absolute atomic E-state index is 12.7. The molecule has 0 saturated carbocycles. The zero-order chi connectivity index (χ0) is 18.5. The highest BCUT2D eigenvalue weighted by Crippen LogP contribution is 2.29. The van der Waals surface area contributed by atoms with Crippen LogP contribution in [0.4, 0.5) is 0 Å². The van der Waals surface area contributed by atoms with Crippen molar-refractivity contribution >= 4 is 5.91 Å². The SMILES string of the molecule is COc1cc(OC)cc(C(NC(=O)c2ccccn2)c2nccn2C)c1. The standard InChI is InChI=1S/C19H20N4O3/c1-23-9-8-21-18(23)17(22-19(24)16-6-4-5-7-20-16)13-10-14(25-2)12-15(11-13)26-3/h4-12,17H,1-3H3,(H,22,24). The number of nitrogens with one attached hydrogen (secondary N) is 1. The van der Waals surface area contributed by atoms with E-state index >= 15 is 0 Å². The van der Waals surface area contributed by atoms with Gasteiger partial charge in [-0.25, -0.2) is 4.98 Å². The van der Waals surface area contributed by atoms with Gasteiger partial charge in [0.05, 0.1) is 14.2 Å². The van der Waals surface area contributed by atoms with Crippen LogP contribution in [0.2, 0.25) is 0 Å². The number of rotatable bonds is 6. The predicted octanol–water partition coefficient (Wildman–Crippen LogP) is 2.35. The quantitative estimate of drug-likeness (QED) is 0.737. The number of aryl methyl sites for hydroxylation is 1. The first-order valence-electron chi connectivity index (χ1n) is 8.04. The highest BCUT2D eigenvalue weighted by Gasteiger charge is 2.23. The first-order chi connectivity index (χ1) is 12.6. The summed E-state index contributed by atoms with van der Waals surface area (Å²) in [4.78, 5) is 21.2. The molecule has 0 saturated heterocycles. The summed E-state index contributed by atoms with van der Waals surface area (Å²) in [5.74, 6) is 1.65. The average molecular weight is 352 g/mol. The van der Waals surface area contributed by atoms with E-state index in [-0.39, 0.29) is 5.91 Å². The Balaban J connectivity index is 2.02. The van der Waals surface area contributed by atoms with Crippen molar-refractivity contribution in [3.8, 4) is 11.5 Å². The van der Waals surface area contributed by atoms with Crippen LogP contribution in [0.25, 0.3) is 0 Å². The molecule has 0 aliphatic rings. The molecule has 134 valence electrons. The van der Waals surface area contributed by atoms with Crippen molar-refractivity contribution < 1.29 is 14.3 Å². The van der Waals surface area contributed by atoms with Gasteiger partial charge in [0.25, 0.3) is 5.91 Å². The highest BCUT2D eigenvalue weighted by atomic mass is 16.5. The van der Waals surface area contributed by atoms with E-state index in [1.165, 1.54) is 0 Å². The third-order valence-electron chi connectivity index (χ3n) is 4.00. The molecular weight excluding hydrogens is 332 g/mol. The van der Waals surface area contributed by atoms with Crippen LogP contribution < -0.4 is 14.8 Å². The first kappa shape index (κ1) is 17.5. The van der Waals surface area contributed by atoms with Crippen LogP contribution >= 0.6 is 0 Å². The summed E-state index contributed by atoms with van der Waals surface area (Å²) < 4.78 is 12.6. The summed E-state index contributed by atoms with van der Waals surface area (Å²) in [6.07, 6.45) is 5.10. The van der Waals surface area contributed by atoms with Crippen molar-refractivity contribution in [3.63, 3.8) is 0 Å². The summed E-state index contributed by atoms with van der Waals surface area (Å²) in [5.41, 5.74) is 1.13. The molecule has 0 spiro atoms. The van der Waals surface area contributed by atoms with Gasteiger partial charge < -0.3 is 19.4 Å². The maximum Gasteiger partial charge on any atom is 0.270 e. The molecule has 0 bridgehead atoms. The molecule has 2 aromatic heterocycles. The zero-order valence-electron chi connectivity index (χ0n) is 14.8. The zero-order valence-corrected chi connectivity index (χ0v) is 14.8. The summed E-state index contributed by atoms with van der Waals surface area (Å²) in [6, 6.07) is 10.2. The molecule has 7 heteroatoms. The third kappa shape index (κ3) is 3.66. The Morgan fingerprint density at radius 3 is 2.35 bits per heavy atom. The molecule has 7 nitrogen and oxygen atoms in total. The summed E-state index contributed by atoms with van der Waals surface area (Å²) >= 11 is 0. The van der Waals surface area contributed by atoms with Crippen LogP contribution in [0.15, 0.2) is 55.0 Å². The Labute approximate surface area is 151 Å². The summed E-state index contributed by atoms with van der Waals surface area (Å²) in [5, 5.41) is 3.00. The van der Waals surface area contributed by atoms with Crippen molar-refractivity contribution in [2.24, 2.45) is 7.05 Å². The molecular formula is C19H20N4O3. The molecule has 1 aromatic carbocycles. The minimum Gasteiger partial charge on any atom is -0.497 e. The van der Waals surface area contributed by atoms with Gasteiger partial charge in [0, 0.05) is 31.7 Å². The van der Waals surface area contributed by atoms with Gasteiger partial charge in [-0.1, -0.05) is 6.07 Å². The van der Waals surface area contributed by atoms with E-state index in [2.05, 4.69) is 15.3 Å². The molecule has 1 unspecified atom stereocenters. The molecule has 1 atom stereocenters. The van der Waals surface area contributed by atoms with Crippen LogP contribution in [-0.4, -0.2) is 34.7 Å². The van der Waals surface area contributed by atoms with Gasteiger partial charge in [0.1, 0.15) is 29.1 Å². The lowest BCUT2D eigenvalue weighted by Crippen LogP contribution is -2.31. The van der Waals surface area contributed by atoms with Crippen molar-refractivity contribution in [1.29, 1.82) is 0 Å². The molecule has 0 radical (unpaired) electrons. The van der Waals surface area contributed by atoms with E-state index in [0.717, 1.165) is 5.56 Å². The number of ether oxygens (including phenoxy) is 2. The van der Waals surface area contributed by atoms with E-state index < -0.39 is 6.04 Å². The van der Waals surface area contributed by atoms with Gasteiger partial charge in [0.15, 0.2) is 0 Å². The molecule has 3 aromatic rings. The van der Waals surface area contributed by atoms with Crippen molar-refractivity contribution in [3.05, 3.63) is 72.1 Å². The Morgan fingerprint density at radius 1 is 1.08 bits per heavy atom. The largest absolute Gasteiger partial charge is 0.497 e. The number of aromatic nitrogens is 3. The number of hydrogen-bond donors (Lipinski definition) is 1. The lowest BCUT2D eigenvalue weighted by molar-refractivity contribution is 0.0936. The number of methoxy groups -OCH3 is 2. The van der Waals surface area contributed by atoms with Crippen LogP contribution in [0.1, 0.15) is 27.9 Å². The predicted molar refractivity (Wildman–Crippen MR) is 96.3 cm³/mol. The molecule has 26 heavy (non-hydrogen) atoms. The minimum absolute atomic E-state index is 0.291. The fraction of sp³-hybridized carbons (Fsp3) is 0.211. The highest BCUT2D eigenvalue weighted by molar-refractivity contribution is 5.92. The number of pyridine rings is 1. The smallest absolute Gasteiger partial charge is 0.270 e. The second-order valence-corrected chi connectivity index (χ2v) is 5.66. The van der Waals surface area contributed by atoms with Crippen LogP contribution in [0.3, 0.4) is 0 Å². The van der Waals surface area contributed by atoms with E-state index in [0.29, 0.717) is 23.0 Å². The molecule has 2 heterocycles. The topological polar surface area (TPSA) is 78.3 Å². The van der Waals surface area contributed by atoms with Crippen molar-refractivity contribution in [2.45, 2.75) is 6.04 Å². The van der Waals surface area contributed by atoms with Crippen molar-refractivity contribution in [1.82, 2.24) is 19.9 Å². The lowest BCUT2D eigenvalue weighted by Gasteiger charge is -2.20. The van der Waals surface area contributed by atoms with Crippen molar-refractivity contribution in [2.75, 3.05) is 14.2 Å². The molecule has 1 amide bonds. The number of nitrogens with zero attached hydrogens (tertiary/aromatic N) is 3. The fourth-order valence-corrected chi connectivity index (χ4v) is 2.65. The lowest BCUT2D eigenvalue weighted by atomic mass is 10.0. The van der Waals surface area contributed by atoms with Gasteiger partial charge in [-0.05, 0) is 29.8 Å². The average Bonchev–Trinajstić information content (AvgIpc) is 3.11. The van der Waals surface area contributed by atoms with Crippen LogP contribution in [0, 0.1) is 0 Å². The van der Waals surface area contributed by atoms with E-state index in [4.69, 9.17) is 9.47 Å². The number of benzene rings is 1. The van der Waals surface area contributed by atoms with E-state index in [9.17, 15) is 4.79 Å². The Morgan fingerprint density at radius 2 is 1.81 bits per heavy atom. The fourth-order valence-electron chi connectivity index (χ4n) is 2.65. The molecule has 3 rings (SSSR count). The Hall–Kier alpha value is -3.35. The first-order valence-corrected chi connectivity index (χ1v) is 8.04. The summed E-state index contributed by atoms with van der Waals surface area (Å²) in [6.45, 7) is 0. The number of carbonyl (C=O) groups excluding carboxylic acids is 1. The number of imidazole rings is 1. The normalized spacial score (nSPS) is 11.7. The van der Waals surface area contributed by atoms with E-state index in [1.807, 2.05) is 29.9 Å². The van der Waals surface area contributed by atoms with Crippen LogP contribution in [0.5, 0.6) is 11.5 Å². The Kier molecular flexibility index (Phi) is 5.17.